The molecule has 0 spiro atoms. The van der Waals surface area contributed by atoms with Crippen molar-refractivity contribution in [1.29, 1.82) is 0 Å². The molecule has 2 nitrogen and oxygen atoms in total. The number of rotatable bonds is 0. The lowest BCUT2D eigenvalue weighted by molar-refractivity contribution is 1.13. The van der Waals surface area contributed by atoms with Gasteiger partial charge in [-0.3, -0.25) is 4.98 Å². The lowest BCUT2D eigenvalue weighted by atomic mass is 10.0. The SMILES string of the molecule is Bc1ncnc(Br)c1C. The van der Waals surface area contributed by atoms with Crippen molar-refractivity contribution >= 4 is 29.4 Å². The number of hydrogen-bond acceptors (Lipinski definition) is 2. The molecule has 46 valence electrons. The first-order valence-electron chi connectivity index (χ1n) is 2.65. The van der Waals surface area contributed by atoms with Crippen LogP contribution < -0.4 is 5.59 Å². The Kier molecular flexibility index (Phi) is 1.85. The Morgan fingerprint density at radius 2 is 2.22 bits per heavy atom. The van der Waals surface area contributed by atoms with Crippen LogP contribution >= 0.6 is 15.9 Å². The molecule has 4 heteroatoms. The van der Waals surface area contributed by atoms with E-state index in [4.69, 9.17) is 0 Å². The van der Waals surface area contributed by atoms with Gasteiger partial charge in [-0.1, -0.05) is 0 Å². The van der Waals surface area contributed by atoms with Gasteiger partial charge in [0.2, 0.25) is 0 Å². The highest BCUT2D eigenvalue weighted by Gasteiger charge is 1.96. The van der Waals surface area contributed by atoms with Gasteiger partial charge in [0.15, 0.2) is 7.85 Å². The Labute approximate surface area is 63.3 Å². The monoisotopic (exact) mass is 184 g/mol. The summed E-state index contributed by atoms with van der Waals surface area (Å²) in [6, 6.07) is 0. The van der Waals surface area contributed by atoms with Crippen molar-refractivity contribution in [2.75, 3.05) is 0 Å². The van der Waals surface area contributed by atoms with E-state index in [1.807, 2.05) is 14.8 Å². The standard InChI is InChI=1S/C5H6BBrN2/c1-3-4(6)8-2-9-5(3)7/h2H,6H2,1H3. The van der Waals surface area contributed by atoms with Gasteiger partial charge in [-0.05, 0) is 28.4 Å². The van der Waals surface area contributed by atoms with E-state index < -0.39 is 0 Å². The molecule has 0 radical (unpaired) electrons. The Bertz CT molecular complexity index is 206. The van der Waals surface area contributed by atoms with Crippen LogP contribution in [0.4, 0.5) is 0 Å². The van der Waals surface area contributed by atoms with Gasteiger partial charge in [0.25, 0.3) is 0 Å². The van der Waals surface area contributed by atoms with Crippen molar-refractivity contribution in [3.63, 3.8) is 0 Å². The van der Waals surface area contributed by atoms with E-state index in [1.54, 1.807) is 6.33 Å². The zero-order chi connectivity index (χ0) is 6.85. The van der Waals surface area contributed by atoms with E-state index in [9.17, 15) is 0 Å². The molecule has 0 saturated carbocycles. The minimum absolute atomic E-state index is 0.884. The summed E-state index contributed by atoms with van der Waals surface area (Å²) in [6.45, 7) is 1.99. The minimum Gasteiger partial charge on any atom is -0.252 e. The molecular weight excluding hydrogens is 179 g/mol. The van der Waals surface area contributed by atoms with Crippen molar-refractivity contribution in [1.82, 2.24) is 9.97 Å². The fourth-order valence-corrected chi connectivity index (χ4v) is 0.888. The molecule has 0 unspecified atom stereocenters. The predicted molar refractivity (Wildman–Crippen MR) is 42.6 cm³/mol. The molecule has 0 aliphatic heterocycles. The summed E-state index contributed by atoms with van der Waals surface area (Å²) in [4.78, 5) is 7.94. The van der Waals surface area contributed by atoms with E-state index in [1.165, 1.54) is 0 Å². The number of aromatic nitrogens is 2. The summed E-state index contributed by atoms with van der Waals surface area (Å²) in [5.74, 6) is 0. The highest BCUT2D eigenvalue weighted by Crippen LogP contribution is 2.05. The maximum absolute atomic E-state index is 4.00. The molecule has 1 rings (SSSR count). The molecular formula is C5H6BBrN2. The molecule has 0 saturated heterocycles. The first-order valence-corrected chi connectivity index (χ1v) is 3.45. The van der Waals surface area contributed by atoms with Crippen LogP contribution in [0.1, 0.15) is 5.56 Å². The molecule has 1 aromatic heterocycles. The Morgan fingerprint density at radius 3 is 2.67 bits per heavy atom. The highest BCUT2D eigenvalue weighted by atomic mass is 79.9. The minimum atomic E-state index is 0.884. The molecule has 1 heterocycles. The molecule has 0 bridgehead atoms. The van der Waals surface area contributed by atoms with Crippen LogP contribution in [0.5, 0.6) is 0 Å². The van der Waals surface area contributed by atoms with Crippen LogP contribution in [-0.2, 0) is 0 Å². The molecule has 1 aromatic rings. The third kappa shape index (κ3) is 1.30. The second kappa shape index (κ2) is 2.48. The van der Waals surface area contributed by atoms with Crippen molar-refractivity contribution in [2.45, 2.75) is 6.92 Å². The fourth-order valence-electron chi connectivity index (χ4n) is 0.509. The smallest absolute Gasteiger partial charge is 0.164 e. The molecule has 0 fully saturated rings. The summed E-state index contributed by atoms with van der Waals surface area (Å²) in [5.41, 5.74) is 2.13. The van der Waals surface area contributed by atoms with Gasteiger partial charge < -0.3 is 0 Å². The van der Waals surface area contributed by atoms with Crippen LogP contribution in [0.2, 0.25) is 0 Å². The van der Waals surface area contributed by atoms with Crippen molar-refractivity contribution in [2.24, 2.45) is 0 Å². The van der Waals surface area contributed by atoms with Crippen LogP contribution in [0.25, 0.3) is 0 Å². The van der Waals surface area contributed by atoms with Crippen molar-refractivity contribution < 1.29 is 0 Å². The second-order valence-electron chi connectivity index (χ2n) is 1.87. The first kappa shape index (κ1) is 6.74. The third-order valence-electron chi connectivity index (χ3n) is 1.27. The van der Waals surface area contributed by atoms with E-state index in [-0.39, 0.29) is 0 Å². The maximum atomic E-state index is 4.00. The lowest BCUT2D eigenvalue weighted by Crippen LogP contribution is -2.12. The van der Waals surface area contributed by atoms with Gasteiger partial charge in [-0.15, -0.1) is 0 Å². The van der Waals surface area contributed by atoms with Crippen LogP contribution in [0.3, 0.4) is 0 Å². The lowest BCUT2D eigenvalue weighted by Gasteiger charge is -1.97. The molecule has 9 heavy (non-hydrogen) atoms. The Hall–Kier alpha value is -0.375. The van der Waals surface area contributed by atoms with Crippen LogP contribution in [-0.4, -0.2) is 17.8 Å². The molecule has 0 aromatic carbocycles. The summed E-state index contributed by atoms with van der Waals surface area (Å²) in [7, 11) is 1.96. The summed E-state index contributed by atoms with van der Waals surface area (Å²) in [5, 5.41) is 0. The van der Waals surface area contributed by atoms with Gasteiger partial charge in [0.05, 0.1) is 0 Å². The first-order chi connectivity index (χ1) is 4.22. The Balaban J connectivity index is 3.25. The normalized spacial score (nSPS) is 9.56. The zero-order valence-electron chi connectivity index (χ0n) is 5.35. The number of hydrogen-bond donors (Lipinski definition) is 0. The van der Waals surface area contributed by atoms with Gasteiger partial charge in [-0.2, -0.15) is 0 Å². The molecule has 0 aliphatic carbocycles. The number of nitrogens with zero attached hydrogens (tertiary/aromatic N) is 2. The van der Waals surface area contributed by atoms with Gasteiger partial charge in [0.1, 0.15) is 10.9 Å². The third-order valence-corrected chi connectivity index (χ3v) is 2.07. The second-order valence-corrected chi connectivity index (χ2v) is 2.63. The number of halogens is 1. The largest absolute Gasteiger partial charge is 0.252 e. The zero-order valence-corrected chi connectivity index (χ0v) is 6.94. The van der Waals surface area contributed by atoms with Gasteiger partial charge >= 0.3 is 0 Å². The topological polar surface area (TPSA) is 25.8 Å². The molecule has 0 amide bonds. The van der Waals surface area contributed by atoms with Gasteiger partial charge in [-0.25, -0.2) is 4.98 Å². The van der Waals surface area contributed by atoms with E-state index in [0.29, 0.717) is 0 Å². The van der Waals surface area contributed by atoms with Crippen molar-refractivity contribution in [3.8, 4) is 0 Å². The highest BCUT2D eigenvalue weighted by molar-refractivity contribution is 9.10. The van der Waals surface area contributed by atoms with Crippen LogP contribution in [0, 0.1) is 6.92 Å². The molecule has 0 aliphatic rings. The maximum Gasteiger partial charge on any atom is 0.164 e. The van der Waals surface area contributed by atoms with E-state index >= 15 is 0 Å². The van der Waals surface area contributed by atoms with E-state index in [2.05, 4.69) is 25.9 Å². The Morgan fingerprint density at radius 1 is 1.56 bits per heavy atom. The quantitative estimate of drug-likeness (QED) is 0.413. The molecule has 0 N–H and O–H groups in total. The van der Waals surface area contributed by atoms with Crippen molar-refractivity contribution in [3.05, 3.63) is 16.5 Å². The average Bonchev–Trinajstić information content (AvgIpc) is 1.83. The molecule has 0 atom stereocenters. The average molecular weight is 185 g/mol. The summed E-state index contributed by atoms with van der Waals surface area (Å²) in [6.07, 6.45) is 1.55. The summed E-state index contributed by atoms with van der Waals surface area (Å²) < 4.78 is 0.884. The fraction of sp³-hybridized carbons (Fsp3) is 0.200. The van der Waals surface area contributed by atoms with E-state index in [0.717, 1.165) is 15.8 Å². The van der Waals surface area contributed by atoms with Crippen LogP contribution in [0.15, 0.2) is 10.9 Å². The van der Waals surface area contributed by atoms with Gasteiger partial charge in [0, 0.05) is 5.59 Å². The predicted octanol–water partition coefficient (Wildman–Crippen LogP) is -0.194. The summed E-state index contributed by atoms with van der Waals surface area (Å²) >= 11 is 3.29.